The van der Waals surface area contributed by atoms with E-state index in [1.165, 1.54) is 32.1 Å². The first kappa shape index (κ1) is 12.3. The van der Waals surface area contributed by atoms with E-state index < -0.39 is 12.3 Å². The van der Waals surface area contributed by atoms with Gasteiger partial charge in [-0.05, 0) is 43.4 Å². The average molecular weight is 230 g/mol. The smallest absolute Gasteiger partial charge is 0.131 e. The van der Waals surface area contributed by atoms with Crippen LogP contribution in [-0.2, 0) is 0 Å². The number of alkyl halides is 2. The quantitative estimate of drug-likeness (QED) is 0.574. The van der Waals surface area contributed by atoms with Gasteiger partial charge in [-0.25, -0.2) is 8.78 Å². The van der Waals surface area contributed by atoms with Crippen LogP contribution in [0.5, 0.6) is 0 Å². The van der Waals surface area contributed by atoms with Crippen molar-refractivity contribution in [1.82, 2.24) is 0 Å². The van der Waals surface area contributed by atoms with Crippen LogP contribution in [0, 0.1) is 17.8 Å². The summed E-state index contributed by atoms with van der Waals surface area (Å²) in [6.07, 6.45) is 5.90. The van der Waals surface area contributed by atoms with Crippen molar-refractivity contribution in [2.45, 2.75) is 70.6 Å². The Morgan fingerprint density at radius 3 is 2.25 bits per heavy atom. The molecule has 0 radical (unpaired) electrons. The summed E-state index contributed by atoms with van der Waals surface area (Å²) in [7, 11) is 0. The molecule has 2 rings (SSSR count). The molecule has 0 aromatic rings. The predicted molar refractivity (Wildman–Crippen MR) is 62.9 cm³/mol. The summed E-state index contributed by atoms with van der Waals surface area (Å²) in [5, 5.41) is 0. The Morgan fingerprint density at radius 1 is 0.750 bits per heavy atom. The molecule has 0 aliphatic heterocycles. The van der Waals surface area contributed by atoms with E-state index in [2.05, 4.69) is 6.92 Å². The molecule has 2 heteroatoms. The van der Waals surface area contributed by atoms with E-state index >= 15 is 0 Å². The fourth-order valence-corrected chi connectivity index (χ4v) is 3.52. The third-order valence-corrected chi connectivity index (χ3v) is 4.70. The van der Waals surface area contributed by atoms with E-state index in [-0.39, 0.29) is 0 Å². The molecular weight excluding hydrogens is 206 g/mol. The molecule has 2 saturated carbocycles. The van der Waals surface area contributed by atoms with Crippen LogP contribution in [0.25, 0.3) is 0 Å². The molecule has 5 unspecified atom stereocenters. The standard InChI is InChI=1S/C14H24F2/c1-10-3-2-4-11(6-5-10)12-7-8-13(15)14(16)9-12/h10-14H,2-9H2,1H3. The number of halogens is 2. The molecule has 2 aliphatic carbocycles. The van der Waals surface area contributed by atoms with Gasteiger partial charge in [0.25, 0.3) is 0 Å². The summed E-state index contributed by atoms with van der Waals surface area (Å²) in [5.74, 6) is 1.98. The molecule has 0 saturated heterocycles. The molecule has 0 spiro atoms. The summed E-state index contributed by atoms with van der Waals surface area (Å²) in [5.41, 5.74) is 0. The maximum Gasteiger partial charge on any atom is 0.131 e. The minimum absolute atomic E-state index is 0.456. The first-order chi connectivity index (χ1) is 7.66. The lowest BCUT2D eigenvalue weighted by Crippen LogP contribution is -2.31. The average Bonchev–Trinajstić information content (AvgIpc) is 2.47. The highest BCUT2D eigenvalue weighted by Crippen LogP contribution is 2.40. The van der Waals surface area contributed by atoms with Crippen LogP contribution in [0.2, 0.25) is 0 Å². The van der Waals surface area contributed by atoms with Gasteiger partial charge in [0.15, 0.2) is 0 Å². The second-order valence-electron chi connectivity index (χ2n) is 5.98. The number of hydrogen-bond acceptors (Lipinski definition) is 0. The first-order valence-corrected chi connectivity index (χ1v) is 6.95. The lowest BCUT2D eigenvalue weighted by molar-refractivity contribution is 0.0648. The van der Waals surface area contributed by atoms with E-state index in [0.717, 1.165) is 12.3 Å². The maximum atomic E-state index is 13.4. The minimum Gasteiger partial charge on any atom is -0.244 e. The summed E-state index contributed by atoms with van der Waals surface area (Å²) in [4.78, 5) is 0. The van der Waals surface area contributed by atoms with Crippen molar-refractivity contribution in [3.05, 3.63) is 0 Å². The van der Waals surface area contributed by atoms with Crippen molar-refractivity contribution in [2.24, 2.45) is 17.8 Å². The Labute approximate surface area is 97.8 Å². The fraction of sp³-hybridized carbons (Fsp3) is 1.00. The highest BCUT2D eigenvalue weighted by atomic mass is 19.2. The maximum absolute atomic E-state index is 13.4. The van der Waals surface area contributed by atoms with Crippen molar-refractivity contribution >= 4 is 0 Å². The van der Waals surface area contributed by atoms with Gasteiger partial charge in [-0.3, -0.25) is 0 Å². The third kappa shape index (κ3) is 2.95. The zero-order valence-corrected chi connectivity index (χ0v) is 10.3. The largest absolute Gasteiger partial charge is 0.244 e. The summed E-state index contributed by atoms with van der Waals surface area (Å²) in [6.45, 7) is 2.32. The highest BCUT2D eigenvalue weighted by Gasteiger charge is 2.34. The number of hydrogen-bond donors (Lipinski definition) is 0. The molecule has 94 valence electrons. The second kappa shape index (κ2) is 5.46. The van der Waals surface area contributed by atoms with Gasteiger partial charge in [0, 0.05) is 0 Å². The fourth-order valence-electron chi connectivity index (χ4n) is 3.52. The Bertz CT molecular complexity index is 215. The molecule has 0 nitrogen and oxygen atoms in total. The molecule has 2 aliphatic rings. The molecule has 0 amide bonds. The van der Waals surface area contributed by atoms with Gasteiger partial charge in [-0.1, -0.05) is 32.6 Å². The Morgan fingerprint density at radius 2 is 1.50 bits per heavy atom. The van der Waals surface area contributed by atoms with Gasteiger partial charge in [-0.2, -0.15) is 0 Å². The topological polar surface area (TPSA) is 0 Å². The summed E-state index contributed by atoms with van der Waals surface area (Å²) < 4.78 is 26.5. The molecule has 0 aromatic carbocycles. The van der Waals surface area contributed by atoms with E-state index in [0.29, 0.717) is 24.7 Å². The van der Waals surface area contributed by atoms with Crippen LogP contribution in [-0.4, -0.2) is 12.3 Å². The van der Waals surface area contributed by atoms with E-state index in [9.17, 15) is 8.78 Å². The Balaban J connectivity index is 1.87. The molecule has 5 atom stereocenters. The summed E-state index contributed by atoms with van der Waals surface area (Å²) >= 11 is 0. The molecule has 0 N–H and O–H groups in total. The van der Waals surface area contributed by atoms with Crippen molar-refractivity contribution in [3.8, 4) is 0 Å². The molecular formula is C14H24F2. The van der Waals surface area contributed by atoms with Gasteiger partial charge in [0.05, 0.1) is 0 Å². The highest BCUT2D eigenvalue weighted by molar-refractivity contribution is 4.84. The molecule has 0 bridgehead atoms. The van der Waals surface area contributed by atoms with Gasteiger partial charge >= 0.3 is 0 Å². The minimum atomic E-state index is -1.18. The van der Waals surface area contributed by atoms with E-state index in [1.807, 2.05) is 0 Å². The van der Waals surface area contributed by atoms with Crippen LogP contribution in [0.3, 0.4) is 0 Å². The van der Waals surface area contributed by atoms with Crippen molar-refractivity contribution < 1.29 is 8.78 Å². The number of rotatable bonds is 1. The lowest BCUT2D eigenvalue weighted by atomic mass is 9.75. The lowest BCUT2D eigenvalue weighted by Gasteiger charge is -2.33. The Kier molecular flexibility index (Phi) is 4.21. The molecule has 0 heterocycles. The molecule has 16 heavy (non-hydrogen) atoms. The van der Waals surface area contributed by atoms with Crippen molar-refractivity contribution in [3.63, 3.8) is 0 Å². The molecule has 0 aromatic heterocycles. The van der Waals surface area contributed by atoms with Crippen LogP contribution in [0.4, 0.5) is 8.78 Å². The molecule has 2 fully saturated rings. The van der Waals surface area contributed by atoms with Crippen molar-refractivity contribution in [1.29, 1.82) is 0 Å². The van der Waals surface area contributed by atoms with E-state index in [4.69, 9.17) is 0 Å². The Hall–Kier alpha value is -0.140. The summed E-state index contributed by atoms with van der Waals surface area (Å²) in [6, 6.07) is 0. The predicted octanol–water partition coefficient (Wildman–Crippen LogP) is 4.68. The SMILES string of the molecule is CC1CCCC(C2CCC(F)C(F)C2)CC1. The zero-order chi connectivity index (χ0) is 11.5. The van der Waals surface area contributed by atoms with Crippen LogP contribution >= 0.6 is 0 Å². The van der Waals surface area contributed by atoms with Gasteiger partial charge in [0.1, 0.15) is 12.3 Å². The van der Waals surface area contributed by atoms with Crippen LogP contribution in [0.15, 0.2) is 0 Å². The third-order valence-electron chi connectivity index (χ3n) is 4.70. The second-order valence-corrected chi connectivity index (χ2v) is 5.98. The van der Waals surface area contributed by atoms with Crippen molar-refractivity contribution in [2.75, 3.05) is 0 Å². The zero-order valence-electron chi connectivity index (χ0n) is 10.3. The first-order valence-electron chi connectivity index (χ1n) is 6.95. The normalized spacial score (nSPS) is 46.3. The van der Waals surface area contributed by atoms with Gasteiger partial charge in [0.2, 0.25) is 0 Å². The monoisotopic (exact) mass is 230 g/mol. The van der Waals surface area contributed by atoms with Crippen LogP contribution < -0.4 is 0 Å². The van der Waals surface area contributed by atoms with E-state index in [1.54, 1.807) is 0 Å². The van der Waals surface area contributed by atoms with Crippen LogP contribution in [0.1, 0.15) is 58.3 Å². The van der Waals surface area contributed by atoms with Gasteiger partial charge in [-0.15, -0.1) is 0 Å². The van der Waals surface area contributed by atoms with Gasteiger partial charge < -0.3 is 0 Å².